The molecule has 0 fully saturated rings. The van der Waals surface area contributed by atoms with E-state index < -0.39 is 11.8 Å². The number of hydrogen-bond donors (Lipinski definition) is 0. The van der Waals surface area contributed by atoms with Crippen molar-refractivity contribution in [3.05, 3.63) is 35.7 Å². The number of rotatable bonds is 6. The third-order valence-electron chi connectivity index (χ3n) is 2.26. The summed E-state index contributed by atoms with van der Waals surface area (Å²) in [5, 5.41) is 0. The summed E-state index contributed by atoms with van der Waals surface area (Å²) in [7, 11) is 1.46. The Kier molecular flexibility index (Phi) is 5.85. The van der Waals surface area contributed by atoms with Crippen LogP contribution in [0, 0.1) is 5.82 Å². The number of hydrogen-bond acceptors (Lipinski definition) is 4. The largest absolute Gasteiger partial charge is 0.496 e. The zero-order valence-corrected chi connectivity index (χ0v) is 11.2. The van der Waals surface area contributed by atoms with Crippen LogP contribution in [0.4, 0.5) is 4.39 Å². The minimum absolute atomic E-state index is 0.220. The fourth-order valence-corrected chi connectivity index (χ4v) is 1.52. The van der Waals surface area contributed by atoms with E-state index in [4.69, 9.17) is 14.2 Å². The highest BCUT2D eigenvalue weighted by molar-refractivity contribution is 5.90. The molecule has 1 aromatic carbocycles. The Hall–Kier alpha value is -2.04. The first kappa shape index (κ1) is 15.0. The molecule has 104 valence electrons. The maximum atomic E-state index is 13.3. The first-order valence-electron chi connectivity index (χ1n) is 5.97. The van der Waals surface area contributed by atoms with E-state index in [1.165, 1.54) is 31.4 Å². The van der Waals surface area contributed by atoms with Gasteiger partial charge in [-0.25, -0.2) is 9.18 Å². The summed E-state index contributed by atoms with van der Waals surface area (Å²) in [6, 6.07) is 4.00. The second kappa shape index (κ2) is 7.41. The van der Waals surface area contributed by atoms with Gasteiger partial charge in [-0.1, -0.05) is 0 Å². The minimum atomic E-state index is -0.544. The first-order chi connectivity index (χ1) is 9.12. The van der Waals surface area contributed by atoms with Crippen LogP contribution in [0.25, 0.3) is 5.76 Å². The van der Waals surface area contributed by atoms with Gasteiger partial charge in [0.25, 0.3) is 0 Å². The van der Waals surface area contributed by atoms with Crippen molar-refractivity contribution in [1.29, 1.82) is 0 Å². The predicted molar refractivity (Wildman–Crippen MR) is 69.2 cm³/mol. The van der Waals surface area contributed by atoms with Gasteiger partial charge in [0.05, 0.1) is 32.0 Å². The van der Waals surface area contributed by atoms with Crippen molar-refractivity contribution < 1.29 is 23.4 Å². The highest BCUT2D eigenvalue weighted by atomic mass is 19.1. The Morgan fingerprint density at radius 1 is 1.26 bits per heavy atom. The molecule has 0 aliphatic carbocycles. The molecule has 0 unspecified atom stereocenters. The Balaban J connectivity index is 3.18. The van der Waals surface area contributed by atoms with Gasteiger partial charge in [-0.2, -0.15) is 0 Å². The van der Waals surface area contributed by atoms with Crippen LogP contribution in [-0.4, -0.2) is 26.3 Å². The fourth-order valence-electron chi connectivity index (χ4n) is 1.52. The molecule has 0 aliphatic heterocycles. The van der Waals surface area contributed by atoms with E-state index in [0.717, 1.165) is 0 Å². The molecule has 1 rings (SSSR count). The zero-order chi connectivity index (χ0) is 14.3. The zero-order valence-electron chi connectivity index (χ0n) is 11.2. The van der Waals surface area contributed by atoms with Crippen LogP contribution >= 0.6 is 0 Å². The molecular weight excluding hydrogens is 251 g/mol. The number of methoxy groups -OCH3 is 1. The quantitative estimate of drug-likeness (QED) is 0.452. The number of carbonyl (C=O) groups excluding carboxylic acids is 1. The van der Waals surface area contributed by atoms with Gasteiger partial charge in [-0.05, 0) is 32.0 Å². The van der Waals surface area contributed by atoms with Gasteiger partial charge >= 0.3 is 5.97 Å². The van der Waals surface area contributed by atoms with Gasteiger partial charge in [-0.15, -0.1) is 0 Å². The molecular formula is C14H17FO4. The summed E-state index contributed by atoms with van der Waals surface area (Å²) < 4.78 is 28.6. The van der Waals surface area contributed by atoms with E-state index in [1.54, 1.807) is 13.8 Å². The predicted octanol–water partition coefficient (Wildman–Crippen LogP) is 2.77. The molecule has 0 heterocycles. The van der Waals surface area contributed by atoms with Crippen LogP contribution in [0.3, 0.4) is 0 Å². The van der Waals surface area contributed by atoms with Crippen molar-refractivity contribution in [3.8, 4) is 5.75 Å². The van der Waals surface area contributed by atoms with Gasteiger partial charge in [0, 0.05) is 0 Å². The molecule has 4 nitrogen and oxygen atoms in total. The van der Waals surface area contributed by atoms with E-state index >= 15 is 0 Å². The van der Waals surface area contributed by atoms with Crippen LogP contribution in [0.1, 0.15) is 19.4 Å². The lowest BCUT2D eigenvalue weighted by atomic mass is 10.1. The molecule has 0 saturated carbocycles. The van der Waals surface area contributed by atoms with E-state index in [9.17, 15) is 9.18 Å². The Labute approximate surface area is 111 Å². The maximum absolute atomic E-state index is 13.3. The second-order valence-corrected chi connectivity index (χ2v) is 3.54. The molecule has 0 aliphatic rings. The Morgan fingerprint density at radius 3 is 2.53 bits per heavy atom. The van der Waals surface area contributed by atoms with Crippen molar-refractivity contribution >= 4 is 11.7 Å². The Morgan fingerprint density at radius 2 is 1.95 bits per heavy atom. The number of ether oxygens (including phenoxy) is 3. The topological polar surface area (TPSA) is 44.8 Å². The van der Waals surface area contributed by atoms with Crippen molar-refractivity contribution in [2.75, 3.05) is 20.3 Å². The van der Waals surface area contributed by atoms with Crippen LogP contribution < -0.4 is 4.74 Å². The van der Waals surface area contributed by atoms with Gasteiger partial charge in [0.2, 0.25) is 0 Å². The van der Waals surface area contributed by atoms with E-state index in [-0.39, 0.29) is 12.4 Å². The number of carbonyl (C=O) groups is 1. The molecule has 0 spiro atoms. The third-order valence-corrected chi connectivity index (χ3v) is 2.26. The standard InChI is InChI=1S/C14H17FO4/c1-4-18-13(9-14(16)19-5-2)11-8-10(15)6-7-12(11)17-3/h6-9H,4-5H2,1-3H3/b13-9+. The number of halogens is 1. The SMILES string of the molecule is CCOC(=O)/C=C(/OCC)c1cc(F)ccc1OC. The number of esters is 1. The van der Waals surface area contributed by atoms with Gasteiger partial charge in [0.15, 0.2) is 0 Å². The summed E-state index contributed by atoms with van der Waals surface area (Å²) in [4.78, 5) is 11.5. The van der Waals surface area contributed by atoms with Crippen LogP contribution in [-0.2, 0) is 14.3 Å². The average Bonchev–Trinajstić information content (AvgIpc) is 2.38. The lowest BCUT2D eigenvalue weighted by molar-refractivity contribution is -0.137. The van der Waals surface area contributed by atoms with E-state index in [1.807, 2.05) is 0 Å². The third kappa shape index (κ3) is 4.28. The highest BCUT2D eigenvalue weighted by Gasteiger charge is 2.13. The summed E-state index contributed by atoms with van der Waals surface area (Å²) in [5.41, 5.74) is 0.373. The molecule has 0 bridgehead atoms. The van der Waals surface area contributed by atoms with Crippen molar-refractivity contribution in [1.82, 2.24) is 0 Å². The minimum Gasteiger partial charge on any atom is -0.496 e. The molecule has 0 atom stereocenters. The second-order valence-electron chi connectivity index (χ2n) is 3.54. The van der Waals surface area contributed by atoms with Crippen molar-refractivity contribution in [2.24, 2.45) is 0 Å². The van der Waals surface area contributed by atoms with Gasteiger partial charge in [-0.3, -0.25) is 0 Å². The van der Waals surface area contributed by atoms with Crippen LogP contribution in [0.5, 0.6) is 5.75 Å². The van der Waals surface area contributed by atoms with Crippen molar-refractivity contribution in [3.63, 3.8) is 0 Å². The monoisotopic (exact) mass is 268 g/mol. The smallest absolute Gasteiger partial charge is 0.334 e. The number of benzene rings is 1. The summed E-state index contributed by atoms with van der Waals surface area (Å²) >= 11 is 0. The molecule has 0 saturated heterocycles. The molecule has 0 N–H and O–H groups in total. The lowest BCUT2D eigenvalue weighted by Gasteiger charge is -2.12. The maximum Gasteiger partial charge on any atom is 0.334 e. The average molecular weight is 268 g/mol. The van der Waals surface area contributed by atoms with E-state index in [0.29, 0.717) is 17.9 Å². The highest BCUT2D eigenvalue weighted by Crippen LogP contribution is 2.27. The molecule has 19 heavy (non-hydrogen) atoms. The van der Waals surface area contributed by atoms with Crippen LogP contribution in [0.2, 0.25) is 0 Å². The molecule has 0 radical (unpaired) electrons. The van der Waals surface area contributed by atoms with Gasteiger partial charge < -0.3 is 14.2 Å². The molecule has 0 aromatic heterocycles. The molecule has 1 aromatic rings. The summed E-state index contributed by atoms with van der Waals surface area (Å²) in [6.07, 6.45) is 1.18. The molecule has 0 amide bonds. The Bertz CT molecular complexity index is 469. The van der Waals surface area contributed by atoms with Crippen LogP contribution in [0.15, 0.2) is 24.3 Å². The lowest BCUT2D eigenvalue weighted by Crippen LogP contribution is -2.04. The normalized spacial score (nSPS) is 11.1. The first-order valence-corrected chi connectivity index (χ1v) is 5.97. The fraction of sp³-hybridized carbons (Fsp3) is 0.357. The molecule has 5 heteroatoms. The van der Waals surface area contributed by atoms with Crippen molar-refractivity contribution in [2.45, 2.75) is 13.8 Å². The van der Waals surface area contributed by atoms with Gasteiger partial charge in [0.1, 0.15) is 17.3 Å². The van der Waals surface area contributed by atoms with E-state index in [2.05, 4.69) is 0 Å². The summed E-state index contributed by atoms with van der Waals surface area (Å²) in [6.45, 7) is 4.07. The summed E-state index contributed by atoms with van der Waals surface area (Å²) in [5.74, 6) is -0.342.